The van der Waals surface area contributed by atoms with Crippen LogP contribution >= 0.6 is 46.4 Å². The Bertz CT molecular complexity index is 2610. The van der Waals surface area contributed by atoms with E-state index in [1.54, 1.807) is 97.1 Å². The van der Waals surface area contributed by atoms with E-state index in [-0.39, 0.29) is 0 Å². The summed E-state index contributed by atoms with van der Waals surface area (Å²) < 4.78 is 0. The van der Waals surface area contributed by atoms with Crippen LogP contribution in [0.3, 0.4) is 0 Å². The van der Waals surface area contributed by atoms with E-state index in [1.807, 2.05) is 48.6 Å². The second-order valence-electron chi connectivity index (χ2n) is 13.8. The molecule has 8 bridgehead atoms. The molecule has 0 amide bonds. The molecule has 8 nitrogen and oxygen atoms in total. The summed E-state index contributed by atoms with van der Waals surface area (Å²) in [6.07, 6.45) is 15.2. The highest BCUT2D eigenvalue weighted by Crippen LogP contribution is 2.39. The molecule has 288 valence electrons. The number of halogens is 4. The summed E-state index contributed by atoms with van der Waals surface area (Å²) in [5.41, 5.74) is 11.7. The Balaban J connectivity index is 1.34. The normalized spacial score (nSPS) is 16.5. The number of hydrogen-bond donors (Lipinski definition) is 0. The Labute approximate surface area is 362 Å². The molecule has 0 N–H and O–H groups in total. The molecule has 0 fully saturated rings. The summed E-state index contributed by atoms with van der Waals surface area (Å²) in [6.45, 7) is 0. The number of fused-ring (bicyclic) bond motifs is 4. The van der Waals surface area contributed by atoms with Crippen molar-refractivity contribution in [3.05, 3.63) is 213 Å². The molecule has 12 heteroatoms. The van der Waals surface area contributed by atoms with Gasteiger partial charge >= 0.3 is 0 Å². The molecule has 0 spiro atoms. The topological polar surface area (TPSA) is 118 Å². The fraction of sp³-hybridized carbons (Fsp3) is 0. The summed E-state index contributed by atoms with van der Waals surface area (Å²) in [7, 11) is 0. The summed E-state index contributed by atoms with van der Waals surface area (Å²) in [4.78, 5) is 69.0. The number of rotatable bonds is 8. The lowest BCUT2D eigenvalue weighted by molar-refractivity contribution is 0.107. The second kappa shape index (κ2) is 15.8. The minimum atomic E-state index is -0.583. The highest BCUT2D eigenvalue weighted by atomic mass is 35.5. The first-order valence-electron chi connectivity index (χ1n) is 18.3. The van der Waals surface area contributed by atoms with Crippen molar-refractivity contribution in [3.8, 4) is 0 Å². The molecule has 0 radical (unpaired) electrons. The Kier molecular flexibility index (Phi) is 10.2. The zero-order valence-corrected chi connectivity index (χ0v) is 33.8. The maximum Gasteiger partial charge on any atom is 0.252 e. The fourth-order valence-corrected chi connectivity index (χ4v) is 7.85. The van der Waals surface area contributed by atoms with Crippen LogP contribution in [0.4, 0.5) is 0 Å². The molecule has 0 saturated carbocycles. The smallest absolute Gasteiger partial charge is 0.252 e. The van der Waals surface area contributed by atoms with E-state index in [0.29, 0.717) is 90.2 Å². The summed E-state index contributed by atoms with van der Waals surface area (Å²) in [6, 6.07) is 27.6. The van der Waals surface area contributed by atoms with Gasteiger partial charge in [0, 0.05) is 44.5 Å². The first-order chi connectivity index (χ1) is 29.0. The van der Waals surface area contributed by atoms with Gasteiger partial charge in [-0.15, -0.1) is 0 Å². The van der Waals surface area contributed by atoms with Gasteiger partial charge in [0.25, 0.3) is 21.0 Å². The summed E-state index contributed by atoms with van der Waals surface area (Å²) >= 11 is 23.3. The highest BCUT2D eigenvalue weighted by molar-refractivity contribution is 6.68. The SMILES string of the molecule is O=C(Cl)c1ccc(C2=C3C=CC(=N3)C(c3ccc(C(=O)Cl)cc3)=C3C=CC(=N3)C(c3ccc(C(=O)Cl)cc3)=C3C=CC(=N3)C(c3ccc(C(=O)Cl)cc3)=C3C=CC2=N3)cc1. The van der Waals surface area contributed by atoms with Gasteiger partial charge < -0.3 is 0 Å². The predicted octanol–water partition coefficient (Wildman–Crippen LogP) is 11.2. The quantitative estimate of drug-likeness (QED) is 0.164. The Hall–Kier alpha value is -6.68. The Morgan fingerprint density at radius 2 is 0.467 bits per heavy atom. The molecule has 5 heterocycles. The lowest BCUT2D eigenvalue weighted by atomic mass is 9.97. The van der Waals surface area contributed by atoms with Crippen LogP contribution in [-0.2, 0) is 0 Å². The Morgan fingerprint density at radius 3 is 0.633 bits per heavy atom. The molecule has 9 rings (SSSR count). The number of hydrogen-bond acceptors (Lipinski definition) is 8. The van der Waals surface area contributed by atoms with Gasteiger partial charge in [0.1, 0.15) is 0 Å². The molecule has 0 saturated heterocycles. The van der Waals surface area contributed by atoms with Crippen molar-refractivity contribution in [1.29, 1.82) is 0 Å². The van der Waals surface area contributed by atoms with Crippen molar-refractivity contribution in [2.24, 2.45) is 20.0 Å². The van der Waals surface area contributed by atoms with Crippen LogP contribution in [-0.4, -0.2) is 43.8 Å². The van der Waals surface area contributed by atoms with Gasteiger partial charge in [0.15, 0.2) is 0 Å². The highest BCUT2D eigenvalue weighted by Gasteiger charge is 2.28. The zero-order valence-electron chi connectivity index (χ0n) is 30.8. The molecular formula is C48H24Cl4N4O4. The van der Waals surface area contributed by atoms with Crippen molar-refractivity contribution >= 4 is 113 Å². The number of nitrogens with zero attached hydrogens (tertiary/aromatic N) is 4. The van der Waals surface area contributed by atoms with E-state index in [1.165, 1.54) is 0 Å². The maximum absolute atomic E-state index is 12.0. The summed E-state index contributed by atoms with van der Waals surface area (Å²) in [5.74, 6) is 0. The zero-order chi connectivity index (χ0) is 41.7. The van der Waals surface area contributed by atoms with E-state index < -0.39 is 21.0 Å². The van der Waals surface area contributed by atoms with Crippen LogP contribution < -0.4 is 0 Å². The van der Waals surface area contributed by atoms with Crippen LogP contribution in [0.5, 0.6) is 0 Å². The van der Waals surface area contributed by atoms with E-state index in [4.69, 9.17) is 66.4 Å². The van der Waals surface area contributed by atoms with Crippen molar-refractivity contribution < 1.29 is 19.2 Å². The van der Waals surface area contributed by atoms with Gasteiger partial charge in [-0.05, 0) is 166 Å². The van der Waals surface area contributed by atoms with E-state index >= 15 is 0 Å². The van der Waals surface area contributed by atoms with Crippen LogP contribution in [0.2, 0.25) is 0 Å². The van der Waals surface area contributed by atoms with Crippen LogP contribution in [0.1, 0.15) is 63.7 Å². The number of carbonyl (C=O) groups is 4. The predicted molar refractivity (Wildman–Crippen MR) is 240 cm³/mol. The molecule has 0 aliphatic carbocycles. The average molecular weight is 863 g/mol. The number of carbonyl (C=O) groups excluding carboxylic acids is 4. The third-order valence-corrected chi connectivity index (χ3v) is 11.1. The monoisotopic (exact) mass is 860 g/mol. The van der Waals surface area contributed by atoms with Crippen LogP contribution in [0.15, 0.2) is 188 Å². The Morgan fingerprint density at radius 1 is 0.283 bits per heavy atom. The lowest BCUT2D eigenvalue weighted by Crippen LogP contribution is -2.04. The second-order valence-corrected chi connectivity index (χ2v) is 15.1. The standard InChI is InChI=1S/C48H24Cl4N4O4/c49-45(57)29-9-1-25(2-10-29)41-33-17-19-35(53-33)42(26-3-11-30(12-4-26)46(50)58)37-21-23-39(55-37)44(28-7-15-32(16-8-28)48(52)60)40-24-22-38(56-40)43(36-20-18-34(41)54-36)27-5-13-31(14-6-27)47(51)59/h1-24H. The van der Waals surface area contributed by atoms with Crippen LogP contribution in [0, 0.1) is 0 Å². The molecule has 60 heavy (non-hydrogen) atoms. The molecule has 5 aliphatic heterocycles. The maximum atomic E-state index is 12.0. The fourth-order valence-electron chi connectivity index (χ4n) is 7.34. The average Bonchev–Trinajstić information content (AvgIpc) is 4.10. The van der Waals surface area contributed by atoms with Gasteiger partial charge in [-0.1, -0.05) is 48.5 Å². The molecule has 0 unspecified atom stereocenters. The van der Waals surface area contributed by atoms with E-state index in [2.05, 4.69) is 0 Å². The molecule has 4 aromatic carbocycles. The van der Waals surface area contributed by atoms with Gasteiger partial charge in [-0.3, -0.25) is 19.2 Å². The minimum Gasteiger partial charge on any atom is -0.276 e. The molecule has 4 aromatic rings. The van der Waals surface area contributed by atoms with Gasteiger partial charge in [-0.2, -0.15) is 0 Å². The third-order valence-electron chi connectivity index (χ3n) is 10.2. The first kappa shape index (κ1) is 38.8. The van der Waals surface area contributed by atoms with E-state index in [9.17, 15) is 19.2 Å². The van der Waals surface area contributed by atoms with Gasteiger partial charge in [0.2, 0.25) is 0 Å². The number of benzene rings is 4. The minimum absolute atomic E-state index is 0.335. The third kappa shape index (κ3) is 7.31. The van der Waals surface area contributed by atoms with Gasteiger partial charge in [-0.25, -0.2) is 20.0 Å². The van der Waals surface area contributed by atoms with Crippen molar-refractivity contribution in [3.63, 3.8) is 0 Å². The van der Waals surface area contributed by atoms with Crippen LogP contribution in [0.25, 0.3) is 22.3 Å². The van der Waals surface area contributed by atoms with Crippen molar-refractivity contribution in [2.75, 3.05) is 0 Å². The molecule has 0 aromatic heterocycles. The molecular weight excluding hydrogens is 838 g/mol. The molecule has 0 atom stereocenters. The number of allylic oxidation sites excluding steroid dienone is 12. The van der Waals surface area contributed by atoms with Crippen molar-refractivity contribution in [1.82, 2.24) is 0 Å². The largest absolute Gasteiger partial charge is 0.276 e. The van der Waals surface area contributed by atoms with E-state index in [0.717, 1.165) is 22.3 Å². The van der Waals surface area contributed by atoms with Crippen molar-refractivity contribution in [2.45, 2.75) is 0 Å². The number of aliphatic imine (C=N–C) groups is 4. The molecule has 5 aliphatic rings. The first-order valence-corrected chi connectivity index (χ1v) is 19.8. The lowest BCUT2D eigenvalue weighted by Gasteiger charge is -2.13. The van der Waals surface area contributed by atoms with Gasteiger partial charge in [0.05, 0.1) is 45.6 Å². The summed E-state index contributed by atoms with van der Waals surface area (Å²) in [5, 5.41) is -2.33.